The van der Waals surface area contributed by atoms with Crippen LogP contribution in [0.5, 0.6) is 5.75 Å². The second-order valence-corrected chi connectivity index (χ2v) is 5.83. The van der Waals surface area contributed by atoms with E-state index in [2.05, 4.69) is 0 Å². The summed E-state index contributed by atoms with van der Waals surface area (Å²) in [5.41, 5.74) is 0.534. The van der Waals surface area contributed by atoms with Crippen molar-refractivity contribution < 1.29 is 19.4 Å². The first kappa shape index (κ1) is 15.4. The van der Waals surface area contributed by atoms with Gasteiger partial charge in [0.15, 0.2) is 0 Å². The van der Waals surface area contributed by atoms with Crippen molar-refractivity contribution in [2.75, 3.05) is 13.1 Å². The molecule has 2 rings (SSSR count). The fourth-order valence-electron chi connectivity index (χ4n) is 2.61. The van der Waals surface area contributed by atoms with Crippen molar-refractivity contribution in [2.24, 2.45) is 11.8 Å². The number of nitrogens with zero attached hydrogens (tertiary/aromatic N) is 1. The van der Waals surface area contributed by atoms with Gasteiger partial charge in [-0.1, -0.05) is 13.0 Å². The number of rotatable bonds is 4. The molecule has 21 heavy (non-hydrogen) atoms. The lowest BCUT2D eigenvalue weighted by atomic mass is 9.99. The molecular weight excluding hydrogens is 270 g/mol. The SMILES string of the molecule is CC(C)Oc1cccc(C(=O)N2CC(C)C(C(=O)O)C2)c1. The monoisotopic (exact) mass is 291 g/mol. The molecule has 0 aliphatic carbocycles. The summed E-state index contributed by atoms with van der Waals surface area (Å²) in [6.45, 7) is 6.46. The normalized spacial score (nSPS) is 21.6. The zero-order valence-electron chi connectivity index (χ0n) is 12.6. The summed E-state index contributed by atoms with van der Waals surface area (Å²) in [6.07, 6.45) is 0.0403. The first-order valence-corrected chi connectivity index (χ1v) is 7.17. The highest BCUT2D eigenvalue weighted by Crippen LogP contribution is 2.25. The number of hydrogen-bond donors (Lipinski definition) is 1. The number of aliphatic carboxylic acids is 1. The number of carboxylic acid groups (broad SMARTS) is 1. The maximum atomic E-state index is 12.5. The molecule has 0 bridgehead atoms. The Balaban J connectivity index is 2.12. The molecule has 1 aromatic rings. The summed E-state index contributed by atoms with van der Waals surface area (Å²) >= 11 is 0. The molecule has 5 nitrogen and oxygen atoms in total. The maximum Gasteiger partial charge on any atom is 0.308 e. The number of carboxylic acids is 1. The number of likely N-dealkylation sites (tertiary alicyclic amines) is 1. The number of amides is 1. The van der Waals surface area contributed by atoms with Crippen LogP contribution in [-0.4, -0.2) is 41.1 Å². The standard InChI is InChI=1S/C16H21NO4/c1-10(2)21-13-6-4-5-12(7-13)15(18)17-8-11(3)14(9-17)16(19)20/h4-7,10-11,14H,8-9H2,1-3H3,(H,19,20). The minimum atomic E-state index is -0.838. The fraction of sp³-hybridized carbons (Fsp3) is 0.500. The molecule has 0 saturated carbocycles. The van der Waals surface area contributed by atoms with E-state index < -0.39 is 11.9 Å². The molecule has 0 spiro atoms. The number of ether oxygens (including phenoxy) is 1. The summed E-state index contributed by atoms with van der Waals surface area (Å²) in [5.74, 6) is -0.835. The number of benzene rings is 1. The largest absolute Gasteiger partial charge is 0.491 e. The molecule has 2 unspecified atom stereocenters. The van der Waals surface area contributed by atoms with Gasteiger partial charge in [-0.15, -0.1) is 0 Å². The molecule has 114 valence electrons. The quantitative estimate of drug-likeness (QED) is 0.924. The van der Waals surface area contributed by atoms with Gasteiger partial charge in [0.25, 0.3) is 5.91 Å². The van der Waals surface area contributed by atoms with E-state index in [4.69, 9.17) is 9.84 Å². The Morgan fingerprint density at radius 3 is 2.62 bits per heavy atom. The summed E-state index contributed by atoms with van der Waals surface area (Å²) in [4.78, 5) is 25.2. The first-order valence-electron chi connectivity index (χ1n) is 7.17. The van der Waals surface area contributed by atoms with Gasteiger partial charge < -0.3 is 14.7 Å². The van der Waals surface area contributed by atoms with Gasteiger partial charge in [-0.2, -0.15) is 0 Å². The average molecular weight is 291 g/mol. The van der Waals surface area contributed by atoms with Crippen LogP contribution in [0, 0.1) is 11.8 Å². The van der Waals surface area contributed by atoms with Crippen molar-refractivity contribution in [2.45, 2.75) is 26.9 Å². The van der Waals surface area contributed by atoms with Crippen molar-refractivity contribution in [3.05, 3.63) is 29.8 Å². The van der Waals surface area contributed by atoms with E-state index in [0.29, 0.717) is 17.9 Å². The van der Waals surface area contributed by atoms with Crippen LogP contribution >= 0.6 is 0 Å². The minimum absolute atomic E-state index is 0.0263. The molecule has 0 aromatic heterocycles. The molecule has 0 radical (unpaired) electrons. The van der Waals surface area contributed by atoms with E-state index in [1.54, 1.807) is 23.1 Å². The van der Waals surface area contributed by atoms with E-state index in [0.717, 1.165) is 0 Å². The lowest BCUT2D eigenvalue weighted by Crippen LogP contribution is -2.29. The lowest BCUT2D eigenvalue weighted by molar-refractivity contribution is -0.142. The van der Waals surface area contributed by atoms with Crippen molar-refractivity contribution in [1.82, 2.24) is 4.90 Å². The van der Waals surface area contributed by atoms with Crippen LogP contribution in [0.3, 0.4) is 0 Å². The van der Waals surface area contributed by atoms with Crippen LogP contribution in [0.4, 0.5) is 0 Å². The molecule has 1 fully saturated rings. The van der Waals surface area contributed by atoms with Crippen LogP contribution in [0.2, 0.25) is 0 Å². The second kappa shape index (κ2) is 6.16. The van der Waals surface area contributed by atoms with Crippen LogP contribution in [0.1, 0.15) is 31.1 Å². The molecule has 1 amide bonds. The third kappa shape index (κ3) is 3.54. The molecule has 2 atom stereocenters. The van der Waals surface area contributed by atoms with Crippen LogP contribution < -0.4 is 4.74 Å². The molecule has 1 aliphatic heterocycles. The number of carbonyl (C=O) groups is 2. The van der Waals surface area contributed by atoms with Crippen LogP contribution in [-0.2, 0) is 4.79 Å². The van der Waals surface area contributed by atoms with Gasteiger partial charge in [0.1, 0.15) is 5.75 Å². The van der Waals surface area contributed by atoms with E-state index in [1.807, 2.05) is 26.8 Å². The van der Waals surface area contributed by atoms with Crippen molar-refractivity contribution in [3.63, 3.8) is 0 Å². The highest BCUT2D eigenvalue weighted by atomic mass is 16.5. The van der Waals surface area contributed by atoms with Gasteiger partial charge >= 0.3 is 5.97 Å². The van der Waals surface area contributed by atoms with Gasteiger partial charge in [0.05, 0.1) is 12.0 Å². The van der Waals surface area contributed by atoms with Gasteiger partial charge in [-0.3, -0.25) is 9.59 Å². The van der Waals surface area contributed by atoms with Gasteiger partial charge in [0, 0.05) is 18.7 Å². The fourth-order valence-corrected chi connectivity index (χ4v) is 2.61. The van der Waals surface area contributed by atoms with Crippen molar-refractivity contribution >= 4 is 11.9 Å². The number of carbonyl (C=O) groups excluding carboxylic acids is 1. The maximum absolute atomic E-state index is 12.5. The van der Waals surface area contributed by atoms with E-state index >= 15 is 0 Å². The Hall–Kier alpha value is -2.04. The molecule has 1 aliphatic rings. The number of hydrogen-bond acceptors (Lipinski definition) is 3. The third-order valence-electron chi connectivity index (χ3n) is 3.67. The van der Waals surface area contributed by atoms with Gasteiger partial charge in [-0.25, -0.2) is 0 Å². The molecule has 1 saturated heterocycles. The predicted octanol–water partition coefficient (Wildman–Crippen LogP) is 2.27. The molecule has 1 aromatic carbocycles. The molecular formula is C16H21NO4. The summed E-state index contributed by atoms with van der Waals surface area (Å²) in [6, 6.07) is 7.03. The second-order valence-electron chi connectivity index (χ2n) is 5.83. The van der Waals surface area contributed by atoms with E-state index in [-0.39, 0.29) is 24.5 Å². The Kier molecular flexibility index (Phi) is 4.50. The lowest BCUT2D eigenvalue weighted by Gasteiger charge is -2.17. The van der Waals surface area contributed by atoms with Crippen molar-refractivity contribution in [3.8, 4) is 5.75 Å². The molecule has 5 heteroatoms. The molecule has 1 heterocycles. The zero-order chi connectivity index (χ0) is 15.6. The summed E-state index contributed by atoms with van der Waals surface area (Å²) in [5, 5.41) is 9.14. The molecule has 1 N–H and O–H groups in total. The minimum Gasteiger partial charge on any atom is -0.491 e. The Morgan fingerprint density at radius 1 is 1.33 bits per heavy atom. The van der Waals surface area contributed by atoms with Crippen LogP contribution in [0.25, 0.3) is 0 Å². The third-order valence-corrected chi connectivity index (χ3v) is 3.67. The van der Waals surface area contributed by atoms with Crippen molar-refractivity contribution in [1.29, 1.82) is 0 Å². The van der Waals surface area contributed by atoms with E-state index in [1.165, 1.54) is 0 Å². The van der Waals surface area contributed by atoms with Crippen LogP contribution in [0.15, 0.2) is 24.3 Å². The highest BCUT2D eigenvalue weighted by Gasteiger charge is 2.37. The Labute approximate surface area is 124 Å². The summed E-state index contributed by atoms with van der Waals surface area (Å²) < 4.78 is 5.58. The predicted molar refractivity (Wildman–Crippen MR) is 78.4 cm³/mol. The smallest absolute Gasteiger partial charge is 0.308 e. The highest BCUT2D eigenvalue weighted by molar-refractivity contribution is 5.95. The zero-order valence-corrected chi connectivity index (χ0v) is 12.6. The topological polar surface area (TPSA) is 66.8 Å². The first-order chi connectivity index (χ1) is 9.88. The Morgan fingerprint density at radius 2 is 2.05 bits per heavy atom. The van der Waals surface area contributed by atoms with Gasteiger partial charge in [-0.05, 0) is 38.0 Å². The van der Waals surface area contributed by atoms with Gasteiger partial charge in [0.2, 0.25) is 0 Å². The average Bonchev–Trinajstić information content (AvgIpc) is 2.79. The van der Waals surface area contributed by atoms with E-state index in [9.17, 15) is 9.59 Å². The summed E-state index contributed by atoms with van der Waals surface area (Å²) in [7, 11) is 0. The Bertz CT molecular complexity index is 541.